The molecule has 9 nitrogen and oxygen atoms in total. The summed E-state index contributed by atoms with van der Waals surface area (Å²) < 4.78 is 6.00. The van der Waals surface area contributed by atoms with Crippen LogP contribution in [-0.4, -0.2) is 96.0 Å². The third-order valence-electron chi connectivity index (χ3n) is 10.5. The first kappa shape index (κ1) is 37.8. The van der Waals surface area contributed by atoms with E-state index in [0.29, 0.717) is 31.6 Å². The van der Waals surface area contributed by atoms with Crippen LogP contribution in [0.1, 0.15) is 125 Å². The number of hydrogen-bond donors (Lipinski definition) is 0. The molecule has 2 heterocycles. The Morgan fingerprint density at radius 3 is 1.52 bits per heavy atom. The Kier molecular flexibility index (Phi) is 16.5. The monoisotopic (exact) mass is 618 g/mol. The number of hydrogen-bond acceptors (Lipinski definition) is 5. The Morgan fingerprint density at radius 2 is 1.09 bits per heavy atom. The molecule has 0 aliphatic carbocycles. The van der Waals surface area contributed by atoms with Crippen molar-refractivity contribution in [3.63, 3.8) is 0 Å². The van der Waals surface area contributed by atoms with Crippen molar-refractivity contribution >= 4 is 23.9 Å². The summed E-state index contributed by atoms with van der Waals surface area (Å²) in [5.41, 5.74) is 0.364. The van der Waals surface area contributed by atoms with Gasteiger partial charge in [-0.15, -0.1) is 6.58 Å². The maximum absolute atomic E-state index is 12.4. The van der Waals surface area contributed by atoms with Crippen molar-refractivity contribution in [2.24, 2.45) is 10.8 Å². The van der Waals surface area contributed by atoms with Gasteiger partial charge in [0.05, 0.1) is 0 Å². The molecule has 0 aromatic rings. The summed E-state index contributed by atoms with van der Waals surface area (Å²) >= 11 is 0. The lowest BCUT2D eigenvalue weighted by Gasteiger charge is -2.32. The van der Waals surface area contributed by atoms with Crippen LogP contribution in [-0.2, 0) is 14.3 Å². The fourth-order valence-electron chi connectivity index (χ4n) is 6.88. The normalized spacial score (nSPS) is 17.4. The molecule has 1 unspecified atom stereocenters. The minimum absolute atomic E-state index is 0.0370. The first-order valence-corrected chi connectivity index (χ1v) is 17.5. The van der Waals surface area contributed by atoms with Crippen molar-refractivity contribution in [3.05, 3.63) is 12.7 Å². The van der Waals surface area contributed by atoms with Crippen molar-refractivity contribution in [1.29, 1.82) is 0 Å². The molecular formula is C35H62N4O5. The third-order valence-corrected chi connectivity index (χ3v) is 10.5. The zero-order valence-electron chi connectivity index (χ0n) is 28.7. The van der Waals surface area contributed by atoms with E-state index in [-0.39, 0.29) is 42.4 Å². The number of rotatable bonds is 25. The standard InChI is InChI=1S/C35H62N4O5/c1-7-34(8-2,20-13-16-24-38-30(40)28-36(11-5)32(38)42)21-14-17-26-44-27-18-15-22-35(9-3,10-4)23-19-25-39-31(41)29-37(12-6)33(39)43/h9H,3,7-8,10-29H2,1-2,4-6H3. The van der Waals surface area contributed by atoms with E-state index in [1.54, 1.807) is 9.80 Å². The predicted octanol–water partition coefficient (Wildman–Crippen LogP) is 7.25. The molecule has 0 aromatic carbocycles. The van der Waals surface area contributed by atoms with Crippen LogP contribution in [0.5, 0.6) is 0 Å². The topological polar surface area (TPSA) is 90.5 Å². The van der Waals surface area contributed by atoms with Gasteiger partial charge >= 0.3 is 12.1 Å². The molecule has 1 atom stereocenters. The average Bonchev–Trinajstić information content (AvgIpc) is 3.48. The number of carbonyl (C=O) groups is 4. The van der Waals surface area contributed by atoms with Gasteiger partial charge in [-0.1, -0.05) is 59.0 Å². The van der Waals surface area contributed by atoms with E-state index in [1.165, 1.54) is 16.2 Å². The maximum Gasteiger partial charge on any atom is 0.327 e. The zero-order chi connectivity index (χ0) is 32.6. The second-order valence-electron chi connectivity index (χ2n) is 12.9. The molecule has 0 spiro atoms. The Balaban J connectivity index is 1.59. The molecule has 0 N–H and O–H groups in total. The Hall–Kier alpha value is -2.42. The fourth-order valence-corrected chi connectivity index (χ4v) is 6.88. The summed E-state index contributed by atoms with van der Waals surface area (Å²) in [5.74, 6) is -0.146. The first-order valence-electron chi connectivity index (χ1n) is 17.5. The Bertz CT molecular complexity index is 936. The number of imide groups is 2. The van der Waals surface area contributed by atoms with Gasteiger partial charge in [-0.3, -0.25) is 19.4 Å². The van der Waals surface area contributed by atoms with Gasteiger partial charge < -0.3 is 14.5 Å². The van der Waals surface area contributed by atoms with Crippen LogP contribution >= 0.6 is 0 Å². The number of unbranched alkanes of at least 4 members (excludes halogenated alkanes) is 3. The minimum Gasteiger partial charge on any atom is -0.381 e. The molecule has 0 bridgehead atoms. The van der Waals surface area contributed by atoms with Crippen LogP contribution in [0.2, 0.25) is 0 Å². The number of urea groups is 2. The average molecular weight is 619 g/mol. The van der Waals surface area contributed by atoms with Crippen LogP contribution in [0.4, 0.5) is 9.59 Å². The second-order valence-corrected chi connectivity index (χ2v) is 12.9. The molecule has 2 aliphatic rings. The van der Waals surface area contributed by atoms with E-state index in [9.17, 15) is 19.2 Å². The van der Waals surface area contributed by atoms with Gasteiger partial charge in [0, 0.05) is 39.4 Å². The van der Waals surface area contributed by atoms with Crippen molar-refractivity contribution in [2.45, 2.75) is 125 Å². The van der Waals surface area contributed by atoms with Gasteiger partial charge in [-0.2, -0.15) is 0 Å². The van der Waals surface area contributed by atoms with Crippen molar-refractivity contribution in [1.82, 2.24) is 19.6 Å². The summed E-state index contributed by atoms with van der Waals surface area (Å²) in [7, 11) is 0. The van der Waals surface area contributed by atoms with Crippen LogP contribution < -0.4 is 0 Å². The fraction of sp³-hybridized carbons (Fsp3) is 0.829. The molecule has 2 fully saturated rings. The maximum atomic E-state index is 12.4. The molecule has 0 radical (unpaired) electrons. The van der Waals surface area contributed by atoms with E-state index in [0.717, 1.165) is 96.7 Å². The highest BCUT2D eigenvalue weighted by Crippen LogP contribution is 2.38. The van der Waals surface area contributed by atoms with Crippen molar-refractivity contribution < 1.29 is 23.9 Å². The largest absolute Gasteiger partial charge is 0.381 e. The highest BCUT2D eigenvalue weighted by Gasteiger charge is 2.36. The molecule has 2 rings (SSSR count). The first-order chi connectivity index (χ1) is 21.1. The minimum atomic E-state index is -0.153. The molecule has 6 amide bonds. The van der Waals surface area contributed by atoms with Crippen LogP contribution in [0.25, 0.3) is 0 Å². The molecule has 0 saturated carbocycles. The summed E-state index contributed by atoms with van der Waals surface area (Å²) in [6.07, 6.45) is 16.7. The highest BCUT2D eigenvalue weighted by molar-refractivity contribution is 6.02. The zero-order valence-corrected chi connectivity index (χ0v) is 28.7. The second kappa shape index (κ2) is 19.2. The lowest BCUT2D eigenvalue weighted by Crippen LogP contribution is -2.34. The lowest BCUT2D eigenvalue weighted by atomic mass is 9.74. The Morgan fingerprint density at radius 1 is 0.636 bits per heavy atom. The van der Waals surface area contributed by atoms with E-state index >= 15 is 0 Å². The van der Waals surface area contributed by atoms with Gasteiger partial charge in [0.2, 0.25) is 11.8 Å². The third kappa shape index (κ3) is 10.6. The van der Waals surface area contributed by atoms with Gasteiger partial charge in [0.15, 0.2) is 0 Å². The smallest absolute Gasteiger partial charge is 0.327 e. The molecule has 44 heavy (non-hydrogen) atoms. The molecule has 0 aromatic heterocycles. The number of nitrogens with zero attached hydrogens (tertiary/aromatic N) is 4. The number of amides is 6. The van der Waals surface area contributed by atoms with Gasteiger partial charge in [-0.05, 0) is 82.5 Å². The molecule has 9 heteroatoms. The predicted molar refractivity (Wildman–Crippen MR) is 176 cm³/mol. The molecule has 2 saturated heterocycles. The summed E-state index contributed by atoms with van der Waals surface area (Å²) in [6.45, 7) is 18.9. The molecule has 252 valence electrons. The highest BCUT2D eigenvalue weighted by atomic mass is 16.5. The van der Waals surface area contributed by atoms with Gasteiger partial charge in [-0.25, -0.2) is 9.59 Å². The summed E-state index contributed by atoms with van der Waals surface area (Å²) in [6, 6.07) is -0.284. The molecule has 2 aliphatic heterocycles. The van der Waals surface area contributed by atoms with Crippen LogP contribution in [0, 0.1) is 10.8 Å². The SMILES string of the molecule is C=CC(CC)(CCCCOCCCCC(CC)(CC)CCCCN1C(=O)CN(CC)C1=O)CCCN1C(=O)CN(CC)C1=O. The van der Waals surface area contributed by atoms with Gasteiger partial charge in [0.25, 0.3) is 0 Å². The number of carbonyl (C=O) groups excluding carboxylic acids is 4. The summed E-state index contributed by atoms with van der Waals surface area (Å²) in [4.78, 5) is 55.1. The quantitative estimate of drug-likeness (QED) is 0.0611. The molecular weight excluding hydrogens is 556 g/mol. The van der Waals surface area contributed by atoms with E-state index in [2.05, 4.69) is 33.4 Å². The van der Waals surface area contributed by atoms with Gasteiger partial charge in [0.1, 0.15) is 13.1 Å². The van der Waals surface area contributed by atoms with E-state index in [4.69, 9.17) is 4.74 Å². The number of ether oxygens (including phenoxy) is 1. The summed E-state index contributed by atoms with van der Waals surface area (Å²) in [5, 5.41) is 0. The van der Waals surface area contributed by atoms with E-state index in [1.807, 2.05) is 13.8 Å². The Labute approximate surface area is 267 Å². The van der Waals surface area contributed by atoms with E-state index < -0.39 is 0 Å². The lowest BCUT2D eigenvalue weighted by molar-refractivity contribution is -0.126. The van der Waals surface area contributed by atoms with Crippen LogP contribution in [0.15, 0.2) is 12.7 Å². The number of allylic oxidation sites excluding steroid dienone is 1. The van der Waals surface area contributed by atoms with Crippen LogP contribution in [0.3, 0.4) is 0 Å². The van der Waals surface area contributed by atoms with Crippen molar-refractivity contribution in [3.8, 4) is 0 Å². The van der Waals surface area contributed by atoms with Crippen molar-refractivity contribution in [2.75, 3.05) is 52.5 Å². The number of likely N-dealkylation sites (N-methyl/N-ethyl adjacent to an activating group) is 2.